The first-order valence-electron chi connectivity index (χ1n) is 9.78. The number of benzene rings is 1. The smallest absolute Gasteiger partial charge is 0.358 e. The first kappa shape index (κ1) is 21.3. The minimum absolute atomic E-state index is 0.222. The fourth-order valence-corrected chi connectivity index (χ4v) is 2.80. The van der Waals surface area contributed by atoms with Crippen molar-refractivity contribution in [1.82, 2.24) is 4.98 Å². The predicted molar refractivity (Wildman–Crippen MR) is 111 cm³/mol. The summed E-state index contributed by atoms with van der Waals surface area (Å²) in [5, 5.41) is 17.3. The van der Waals surface area contributed by atoms with Crippen molar-refractivity contribution in [3.05, 3.63) is 65.0 Å². The number of pyridine rings is 1. The summed E-state index contributed by atoms with van der Waals surface area (Å²) in [5.74, 6) is -0.498. The van der Waals surface area contributed by atoms with Crippen molar-refractivity contribution in [1.29, 1.82) is 0 Å². The Hall–Kier alpha value is -3.42. The highest BCUT2D eigenvalue weighted by atomic mass is 16.6. The van der Waals surface area contributed by atoms with Crippen LogP contribution in [0.4, 0.5) is 0 Å². The lowest BCUT2D eigenvalue weighted by atomic mass is 10.0. The van der Waals surface area contributed by atoms with E-state index in [2.05, 4.69) is 15.3 Å². The predicted octanol–water partition coefficient (Wildman–Crippen LogP) is 3.17. The number of hydrogen-bond donors (Lipinski definition) is 1. The van der Waals surface area contributed by atoms with Crippen LogP contribution in [0.15, 0.2) is 52.8 Å². The maximum Gasteiger partial charge on any atom is 0.358 e. The Morgan fingerprint density at radius 3 is 2.57 bits per heavy atom. The van der Waals surface area contributed by atoms with Crippen LogP contribution >= 0.6 is 0 Å². The lowest BCUT2D eigenvalue weighted by Gasteiger charge is -2.13. The van der Waals surface area contributed by atoms with E-state index in [1.165, 1.54) is 7.11 Å². The van der Waals surface area contributed by atoms with Gasteiger partial charge in [-0.2, -0.15) is 0 Å². The van der Waals surface area contributed by atoms with Crippen LogP contribution < -0.4 is 0 Å². The fourth-order valence-electron chi connectivity index (χ4n) is 2.80. The number of carboxylic acid groups (broad SMARTS) is 1. The standard InChI is InChI=1S/C22H25N3O5/c1-15-6-5-7-17(23-15)12-13-30-25-21(29-14-16-10-11-16)19-9-4-3-8-18(19)20(22(26)27)24-28-2/h3-9,16H,10-14H2,1-2H3,(H,26,27)/b24-20+,25-21+. The summed E-state index contributed by atoms with van der Waals surface area (Å²) in [4.78, 5) is 26.3. The number of carboxylic acids is 1. The number of nitrogens with zero attached hydrogens (tertiary/aromatic N) is 3. The average Bonchev–Trinajstić information content (AvgIpc) is 3.56. The topological polar surface area (TPSA) is 103 Å². The first-order valence-corrected chi connectivity index (χ1v) is 9.78. The van der Waals surface area contributed by atoms with Gasteiger partial charge in [-0.1, -0.05) is 29.4 Å². The zero-order valence-electron chi connectivity index (χ0n) is 17.1. The number of ether oxygens (including phenoxy) is 1. The molecule has 0 spiro atoms. The molecular formula is C22H25N3O5. The van der Waals surface area contributed by atoms with Crippen LogP contribution in [-0.4, -0.2) is 48.0 Å². The van der Waals surface area contributed by atoms with Crippen molar-refractivity contribution >= 4 is 17.6 Å². The zero-order valence-corrected chi connectivity index (χ0v) is 17.1. The summed E-state index contributed by atoms with van der Waals surface area (Å²) >= 11 is 0. The van der Waals surface area contributed by atoms with Gasteiger partial charge in [-0.15, -0.1) is 0 Å². The van der Waals surface area contributed by atoms with E-state index in [0.29, 0.717) is 36.7 Å². The van der Waals surface area contributed by atoms with Gasteiger partial charge >= 0.3 is 5.97 Å². The molecule has 1 saturated carbocycles. The maximum atomic E-state index is 11.7. The molecule has 1 aromatic heterocycles. The van der Waals surface area contributed by atoms with Gasteiger partial charge in [0.1, 0.15) is 13.7 Å². The fraction of sp³-hybridized carbons (Fsp3) is 0.364. The Morgan fingerprint density at radius 2 is 1.90 bits per heavy atom. The number of hydrogen-bond acceptors (Lipinski definition) is 7. The van der Waals surface area contributed by atoms with Crippen molar-refractivity contribution in [2.75, 3.05) is 20.3 Å². The van der Waals surface area contributed by atoms with E-state index in [0.717, 1.165) is 24.2 Å². The number of aryl methyl sites for hydroxylation is 1. The number of aliphatic carboxylic acids is 1. The van der Waals surface area contributed by atoms with Crippen molar-refractivity contribution < 1.29 is 24.3 Å². The van der Waals surface area contributed by atoms with E-state index < -0.39 is 5.97 Å². The van der Waals surface area contributed by atoms with E-state index in [9.17, 15) is 9.90 Å². The third-order valence-corrected chi connectivity index (χ3v) is 4.49. The number of carbonyl (C=O) groups is 1. The second-order valence-electron chi connectivity index (χ2n) is 6.98. The van der Waals surface area contributed by atoms with Crippen LogP contribution in [0, 0.1) is 12.8 Å². The third-order valence-electron chi connectivity index (χ3n) is 4.49. The highest BCUT2D eigenvalue weighted by molar-refractivity contribution is 6.43. The molecule has 0 unspecified atom stereocenters. The van der Waals surface area contributed by atoms with Gasteiger partial charge in [0.25, 0.3) is 5.90 Å². The van der Waals surface area contributed by atoms with Crippen LogP contribution in [0.3, 0.4) is 0 Å². The van der Waals surface area contributed by atoms with E-state index in [1.807, 2.05) is 25.1 Å². The van der Waals surface area contributed by atoms with Gasteiger partial charge in [0.2, 0.25) is 0 Å². The number of rotatable bonds is 10. The normalized spacial score (nSPS) is 14.3. The molecule has 0 bridgehead atoms. The summed E-state index contributed by atoms with van der Waals surface area (Å²) in [7, 11) is 1.30. The molecule has 1 heterocycles. The van der Waals surface area contributed by atoms with Crippen molar-refractivity contribution in [3.63, 3.8) is 0 Å². The maximum absolute atomic E-state index is 11.7. The van der Waals surface area contributed by atoms with Crippen LogP contribution in [-0.2, 0) is 25.6 Å². The molecule has 8 heteroatoms. The lowest BCUT2D eigenvalue weighted by Crippen LogP contribution is -2.21. The second kappa shape index (κ2) is 10.4. The van der Waals surface area contributed by atoms with Crippen LogP contribution in [0.5, 0.6) is 0 Å². The van der Waals surface area contributed by atoms with E-state index in [-0.39, 0.29) is 11.6 Å². The molecule has 0 saturated heterocycles. The van der Waals surface area contributed by atoms with Gasteiger partial charge in [-0.25, -0.2) is 4.79 Å². The summed E-state index contributed by atoms with van der Waals surface area (Å²) in [6, 6.07) is 12.7. The zero-order chi connectivity index (χ0) is 21.3. The van der Waals surface area contributed by atoms with Crippen molar-refractivity contribution in [2.45, 2.75) is 26.2 Å². The SMILES string of the molecule is CO/N=C(/C(=O)O)c1ccccc1/C(=N\OCCc1cccc(C)n1)OCC1CC1. The number of aromatic nitrogens is 1. The molecular weight excluding hydrogens is 386 g/mol. The Balaban J connectivity index is 1.80. The summed E-state index contributed by atoms with van der Waals surface area (Å²) in [5.41, 5.74) is 2.43. The van der Waals surface area contributed by atoms with Gasteiger partial charge in [0.05, 0.1) is 6.61 Å². The van der Waals surface area contributed by atoms with Crippen LogP contribution in [0.1, 0.15) is 35.4 Å². The molecule has 0 aliphatic heterocycles. The molecule has 8 nitrogen and oxygen atoms in total. The molecule has 1 aliphatic rings. The molecule has 3 rings (SSSR count). The largest absolute Gasteiger partial charge is 0.476 e. The highest BCUT2D eigenvalue weighted by Gasteiger charge is 2.25. The van der Waals surface area contributed by atoms with Crippen LogP contribution in [0.2, 0.25) is 0 Å². The molecule has 0 atom stereocenters. The van der Waals surface area contributed by atoms with E-state index in [1.54, 1.807) is 24.3 Å². The lowest BCUT2D eigenvalue weighted by molar-refractivity contribution is -0.129. The van der Waals surface area contributed by atoms with Gasteiger partial charge in [0.15, 0.2) is 5.71 Å². The highest BCUT2D eigenvalue weighted by Crippen LogP contribution is 2.29. The summed E-state index contributed by atoms with van der Waals surface area (Å²) < 4.78 is 5.89. The minimum atomic E-state index is -1.21. The van der Waals surface area contributed by atoms with Crippen molar-refractivity contribution in [3.8, 4) is 0 Å². The van der Waals surface area contributed by atoms with Gasteiger partial charge in [0, 0.05) is 28.9 Å². The first-order chi connectivity index (χ1) is 14.6. The summed E-state index contributed by atoms with van der Waals surface area (Å²) in [6.07, 6.45) is 2.81. The third kappa shape index (κ3) is 6.04. The van der Waals surface area contributed by atoms with E-state index >= 15 is 0 Å². The van der Waals surface area contributed by atoms with Gasteiger partial charge in [-0.3, -0.25) is 4.98 Å². The Kier molecular flexibility index (Phi) is 7.37. The number of oxime groups is 2. The molecule has 1 fully saturated rings. The molecule has 158 valence electrons. The van der Waals surface area contributed by atoms with Gasteiger partial charge < -0.3 is 19.5 Å². The Bertz CT molecular complexity index is 938. The minimum Gasteiger partial charge on any atom is -0.476 e. The monoisotopic (exact) mass is 411 g/mol. The molecule has 0 amide bonds. The van der Waals surface area contributed by atoms with E-state index in [4.69, 9.17) is 14.4 Å². The molecule has 30 heavy (non-hydrogen) atoms. The molecule has 0 radical (unpaired) electrons. The molecule has 1 aromatic carbocycles. The van der Waals surface area contributed by atoms with Crippen LogP contribution in [0.25, 0.3) is 0 Å². The van der Waals surface area contributed by atoms with Crippen molar-refractivity contribution in [2.24, 2.45) is 16.2 Å². The quantitative estimate of drug-likeness (QED) is 0.279. The Labute approximate surface area is 175 Å². The molecule has 2 aromatic rings. The molecule has 1 N–H and O–H groups in total. The molecule has 1 aliphatic carbocycles. The van der Waals surface area contributed by atoms with Gasteiger partial charge in [-0.05, 0) is 49.0 Å². The average molecular weight is 411 g/mol. The second-order valence-corrected chi connectivity index (χ2v) is 6.98. The Morgan fingerprint density at radius 1 is 1.13 bits per heavy atom. The summed E-state index contributed by atoms with van der Waals surface area (Å²) in [6.45, 7) is 2.75.